The summed E-state index contributed by atoms with van der Waals surface area (Å²) in [5.41, 5.74) is 2.37. The van der Waals surface area contributed by atoms with Crippen LogP contribution in [0.2, 0.25) is 0 Å². The molecule has 8 nitrogen and oxygen atoms in total. The molecule has 1 aromatic heterocycles. The van der Waals surface area contributed by atoms with Crippen molar-refractivity contribution in [1.82, 2.24) is 19.8 Å². The lowest BCUT2D eigenvalue weighted by Gasteiger charge is -2.33. The van der Waals surface area contributed by atoms with Crippen molar-refractivity contribution in [2.24, 2.45) is 11.8 Å². The molecule has 3 aliphatic rings. The highest BCUT2D eigenvalue weighted by molar-refractivity contribution is 5.93. The zero-order valence-corrected chi connectivity index (χ0v) is 20.7. The smallest absolute Gasteiger partial charge is 0.274 e. The number of nitrogens with zero attached hydrogens (tertiary/aromatic N) is 3. The number of carbonyl (C=O) groups excluding carboxylic acids is 2. The van der Waals surface area contributed by atoms with Crippen LogP contribution in [0.3, 0.4) is 0 Å². The Bertz CT molecular complexity index is 1030. The predicted octanol–water partition coefficient (Wildman–Crippen LogP) is 3.71. The quantitative estimate of drug-likeness (QED) is 0.705. The molecular formula is C27H36N4O4. The molecule has 2 amide bonds. The van der Waals surface area contributed by atoms with E-state index in [1.807, 2.05) is 33.7 Å². The summed E-state index contributed by atoms with van der Waals surface area (Å²) in [5, 5.41) is 3.26. The first-order valence-corrected chi connectivity index (χ1v) is 12.9. The van der Waals surface area contributed by atoms with Crippen LogP contribution in [0.15, 0.2) is 30.6 Å². The predicted molar refractivity (Wildman–Crippen MR) is 131 cm³/mol. The van der Waals surface area contributed by atoms with Gasteiger partial charge in [-0.1, -0.05) is 19.1 Å². The second-order valence-electron chi connectivity index (χ2n) is 10.3. The third kappa shape index (κ3) is 5.22. The van der Waals surface area contributed by atoms with Gasteiger partial charge in [0.1, 0.15) is 11.9 Å². The first kappa shape index (κ1) is 23.9. The number of amides is 2. The van der Waals surface area contributed by atoms with Crippen LogP contribution in [0.4, 0.5) is 0 Å². The van der Waals surface area contributed by atoms with E-state index in [-0.39, 0.29) is 23.8 Å². The van der Waals surface area contributed by atoms with Crippen molar-refractivity contribution in [2.75, 3.05) is 20.2 Å². The molecule has 188 valence electrons. The van der Waals surface area contributed by atoms with Crippen LogP contribution in [0.1, 0.15) is 73.3 Å². The Morgan fingerprint density at radius 2 is 1.77 bits per heavy atom. The fourth-order valence-electron chi connectivity index (χ4n) is 5.54. The standard InChI is InChI=1S/C27H36N4O4/c1-18-3-7-21(8-4-18)29-26(32)20-11-13-30(14-12-20)27(33)25-23-16-35-24(15-31(23)17-28-25)19-5-9-22(34-2)10-6-19/h5-6,9-10,17-18,20-21,24H,3-4,7-8,11-16H2,1-2H3,(H,29,32)/t18?,21?,24-/m0/s1. The summed E-state index contributed by atoms with van der Waals surface area (Å²) in [6.07, 6.45) is 7.60. The van der Waals surface area contributed by atoms with Gasteiger partial charge in [-0.05, 0) is 62.1 Å². The van der Waals surface area contributed by atoms with E-state index in [2.05, 4.69) is 17.2 Å². The molecule has 0 spiro atoms. The van der Waals surface area contributed by atoms with E-state index in [9.17, 15) is 9.59 Å². The number of ether oxygens (including phenoxy) is 2. The van der Waals surface area contributed by atoms with Crippen LogP contribution in [0, 0.1) is 11.8 Å². The molecule has 0 unspecified atom stereocenters. The van der Waals surface area contributed by atoms with E-state index >= 15 is 0 Å². The lowest BCUT2D eigenvalue weighted by atomic mass is 9.86. The molecular weight excluding hydrogens is 444 g/mol. The maximum Gasteiger partial charge on any atom is 0.274 e. The zero-order chi connectivity index (χ0) is 24.4. The van der Waals surface area contributed by atoms with Gasteiger partial charge in [0.2, 0.25) is 5.91 Å². The number of rotatable bonds is 5. The van der Waals surface area contributed by atoms with E-state index in [4.69, 9.17) is 9.47 Å². The molecule has 2 aromatic rings. The number of fused-ring (bicyclic) bond motifs is 1. The zero-order valence-electron chi connectivity index (χ0n) is 20.7. The molecule has 35 heavy (non-hydrogen) atoms. The lowest BCUT2D eigenvalue weighted by molar-refractivity contribution is -0.127. The van der Waals surface area contributed by atoms with E-state index in [1.165, 1.54) is 12.8 Å². The van der Waals surface area contributed by atoms with Crippen LogP contribution in [-0.4, -0.2) is 52.5 Å². The summed E-state index contributed by atoms with van der Waals surface area (Å²) in [6.45, 7) is 4.41. The van der Waals surface area contributed by atoms with Gasteiger partial charge < -0.3 is 24.3 Å². The third-order valence-electron chi connectivity index (χ3n) is 7.94. The van der Waals surface area contributed by atoms with E-state index in [1.54, 1.807) is 13.4 Å². The van der Waals surface area contributed by atoms with Gasteiger partial charge in [-0.15, -0.1) is 0 Å². The average Bonchev–Trinajstić information content (AvgIpc) is 3.33. The largest absolute Gasteiger partial charge is 0.497 e. The molecule has 1 aromatic carbocycles. The highest BCUT2D eigenvalue weighted by atomic mass is 16.5. The Labute approximate surface area is 207 Å². The summed E-state index contributed by atoms with van der Waals surface area (Å²) in [7, 11) is 1.65. The SMILES string of the molecule is COc1ccc([C@@H]2Cn3cnc(C(=O)N4CCC(C(=O)NC5CCC(C)CC5)CC4)c3CO2)cc1. The molecule has 8 heteroatoms. The highest BCUT2D eigenvalue weighted by Gasteiger charge is 2.33. The summed E-state index contributed by atoms with van der Waals surface area (Å²) in [5.74, 6) is 1.66. The van der Waals surface area contributed by atoms with Gasteiger partial charge >= 0.3 is 0 Å². The number of hydrogen-bond acceptors (Lipinski definition) is 5. The second-order valence-corrected chi connectivity index (χ2v) is 10.3. The number of likely N-dealkylation sites (tertiary alicyclic amines) is 1. The van der Waals surface area contributed by atoms with Crippen molar-refractivity contribution in [1.29, 1.82) is 0 Å². The molecule has 2 aliphatic heterocycles. The Morgan fingerprint density at radius 1 is 1.06 bits per heavy atom. The van der Waals surface area contributed by atoms with Gasteiger partial charge in [0, 0.05) is 25.0 Å². The van der Waals surface area contributed by atoms with E-state index < -0.39 is 0 Å². The Hall–Kier alpha value is -2.87. The number of nitrogens with one attached hydrogen (secondary N) is 1. The van der Waals surface area contributed by atoms with Crippen molar-refractivity contribution < 1.29 is 19.1 Å². The number of piperidine rings is 1. The average molecular weight is 481 g/mol. The number of methoxy groups -OCH3 is 1. The molecule has 5 rings (SSSR count). The van der Waals surface area contributed by atoms with Crippen LogP contribution in [0.25, 0.3) is 0 Å². The van der Waals surface area contributed by atoms with Crippen molar-refractivity contribution in [3.63, 3.8) is 0 Å². The first-order valence-electron chi connectivity index (χ1n) is 12.9. The van der Waals surface area contributed by atoms with Gasteiger partial charge in [0.05, 0.1) is 32.3 Å². The van der Waals surface area contributed by atoms with Gasteiger partial charge in [0.15, 0.2) is 5.69 Å². The summed E-state index contributed by atoms with van der Waals surface area (Å²) >= 11 is 0. The van der Waals surface area contributed by atoms with E-state index in [0.717, 1.165) is 35.8 Å². The minimum atomic E-state index is -0.0906. The number of imidazole rings is 1. The van der Waals surface area contributed by atoms with Crippen molar-refractivity contribution >= 4 is 11.8 Å². The minimum absolute atomic E-state index is 0.0112. The van der Waals surface area contributed by atoms with Crippen molar-refractivity contribution in [3.05, 3.63) is 47.5 Å². The number of aromatic nitrogens is 2. The molecule has 0 bridgehead atoms. The molecule has 1 aliphatic carbocycles. The number of benzene rings is 1. The van der Waals surface area contributed by atoms with Crippen molar-refractivity contribution in [3.8, 4) is 5.75 Å². The molecule has 1 saturated carbocycles. The van der Waals surface area contributed by atoms with Gasteiger partial charge in [-0.2, -0.15) is 0 Å². The minimum Gasteiger partial charge on any atom is -0.497 e. The molecule has 1 saturated heterocycles. The Morgan fingerprint density at radius 3 is 2.46 bits per heavy atom. The first-order chi connectivity index (χ1) is 17.0. The van der Waals surface area contributed by atoms with Crippen molar-refractivity contribution in [2.45, 2.75) is 70.7 Å². The molecule has 3 heterocycles. The lowest BCUT2D eigenvalue weighted by Crippen LogP contribution is -2.46. The molecule has 1 atom stereocenters. The second kappa shape index (κ2) is 10.4. The van der Waals surface area contributed by atoms with E-state index in [0.29, 0.717) is 50.8 Å². The monoisotopic (exact) mass is 480 g/mol. The fraction of sp³-hybridized carbons (Fsp3) is 0.593. The summed E-state index contributed by atoms with van der Waals surface area (Å²) < 4.78 is 13.4. The molecule has 1 N–H and O–H groups in total. The Balaban J connectivity index is 1.15. The van der Waals surface area contributed by atoms with Crippen LogP contribution in [-0.2, 0) is 22.7 Å². The maximum absolute atomic E-state index is 13.3. The van der Waals surface area contributed by atoms with Gasteiger partial charge in [-0.25, -0.2) is 4.98 Å². The van der Waals surface area contributed by atoms with Crippen LogP contribution < -0.4 is 10.1 Å². The van der Waals surface area contributed by atoms with Gasteiger partial charge in [-0.3, -0.25) is 9.59 Å². The Kier molecular flexibility index (Phi) is 7.09. The molecule has 0 radical (unpaired) electrons. The highest BCUT2D eigenvalue weighted by Crippen LogP contribution is 2.30. The topological polar surface area (TPSA) is 85.7 Å². The third-order valence-corrected chi connectivity index (χ3v) is 7.94. The number of hydrogen-bond donors (Lipinski definition) is 1. The van der Waals surface area contributed by atoms with Gasteiger partial charge in [0.25, 0.3) is 5.91 Å². The maximum atomic E-state index is 13.3. The number of carbonyl (C=O) groups is 2. The molecule has 2 fully saturated rings. The summed E-state index contributed by atoms with van der Waals surface area (Å²) in [4.78, 5) is 32.3. The van der Waals surface area contributed by atoms with Crippen LogP contribution >= 0.6 is 0 Å². The van der Waals surface area contributed by atoms with Crippen LogP contribution in [0.5, 0.6) is 5.75 Å². The normalized spacial score (nSPS) is 25.1. The summed E-state index contributed by atoms with van der Waals surface area (Å²) in [6, 6.07) is 8.18. The fourth-order valence-corrected chi connectivity index (χ4v) is 5.54.